The number of nitrogens with zero attached hydrogens (tertiary/aromatic N) is 1. The van der Waals surface area contributed by atoms with Crippen molar-refractivity contribution in [1.29, 1.82) is 0 Å². The molecule has 2 rings (SSSR count). The number of ether oxygens (including phenoxy) is 1. The van der Waals surface area contributed by atoms with Gasteiger partial charge in [0, 0.05) is 24.2 Å². The molecule has 96 valence electrons. The van der Waals surface area contributed by atoms with Gasteiger partial charge in [0.1, 0.15) is 5.01 Å². The van der Waals surface area contributed by atoms with Crippen LogP contribution in [-0.2, 0) is 6.54 Å². The van der Waals surface area contributed by atoms with E-state index in [-0.39, 0.29) is 17.6 Å². The van der Waals surface area contributed by atoms with Crippen LogP contribution < -0.4 is 10.1 Å². The van der Waals surface area contributed by atoms with Gasteiger partial charge in [0.25, 0.3) is 0 Å². The number of hydrogen-bond donors (Lipinski definition) is 1. The maximum absolute atomic E-state index is 13.6. The van der Waals surface area contributed by atoms with Crippen molar-refractivity contribution < 1.29 is 9.13 Å². The minimum absolute atomic E-state index is 0.0642. The van der Waals surface area contributed by atoms with Crippen molar-refractivity contribution in [2.45, 2.75) is 19.5 Å². The molecule has 0 spiro atoms. The highest BCUT2D eigenvalue weighted by Gasteiger charge is 2.09. The van der Waals surface area contributed by atoms with Crippen molar-refractivity contribution in [1.82, 2.24) is 10.3 Å². The standard InChI is InChI=1S/C13H15FN2OS/c1-9(16-8-13-15-5-6-18-13)10-3-4-12(17-2)11(14)7-10/h3-7,9,16H,8H2,1-2H3. The lowest BCUT2D eigenvalue weighted by Gasteiger charge is -2.14. The van der Waals surface area contributed by atoms with Crippen LogP contribution in [0.5, 0.6) is 5.75 Å². The Labute approximate surface area is 110 Å². The summed E-state index contributed by atoms with van der Waals surface area (Å²) < 4.78 is 18.5. The second kappa shape index (κ2) is 5.93. The quantitative estimate of drug-likeness (QED) is 0.902. The van der Waals surface area contributed by atoms with E-state index in [0.717, 1.165) is 10.6 Å². The van der Waals surface area contributed by atoms with E-state index in [9.17, 15) is 4.39 Å². The van der Waals surface area contributed by atoms with Crippen LogP contribution in [0, 0.1) is 5.82 Å². The summed E-state index contributed by atoms with van der Waals surface area (Å²) in [5.74, 6) is -0.0660. The van der Waals surface area contributed by atoms with Crippen LogP contribution >= 0.6 is 11.3 Å². The van der Waals surface area contributed by atoms with Gasteiger partial charge in [-0.25, -0.2) is 9.37 Å². The first-order chi connectivity index (χ1) is 8.70. The van der Waals surface area contributed by atoms with Gasteiger partial charge in [-0.05, 0) is 24.6 Å². The fourth-order valence-corrected chi connectivity index (χ4v) is 2.22. The molecule has 1 aromatic heterocycles. The summed E-state index contributed by atoms with van der Waals surface area (Å²) >= 11 is 1.60. The van der Waals surface area contributed by atoms with Gasteiger partial charge in [-0.15, -0.1) is 11.3 Å². The van der Waals surface area contributed by atoms with Crippen molar-refractivity contribution in [3.63, 3.8) is 0 Å². The van der Waals surface area contributed by atoms with Gasteiger partial charge in [-0.1, -0.05) is 6.07 Å². The number of methoxy groups -OCH3 is 1. The Morgan fingerprint density at radius 1 is 1.50 bits per heavy atom. The summed E-state index contributed by atoms with van der Waals surface area (Å²) in [6.45, 7) is 2.68. The third-order valence-electron chi connectivity index (χ3n) is 2.72. The molecule has 0 amide bonds. The zero-order valence-electron chi connectivity index (χ0n) is 10.3. The normalized spacial score (nSPS) is 12.4. The van der Waals surface area contributed by atoms with Gasteiger partial charge < -0.3 is 10.1 Å². The van der Waals surface area contributed by atoms with Crippen LogP contribution in [0.4, 0.5) is 4.39 Å². The third-order valence-corrected chi connectivity index (χ3v) is 3.50. The first-order valence-electron chi connectivity index (χ1n) is 5.66. The topological polar surface area (TPSA) is 34.1 Å². The summed E-state index contributed by atoms with van der Waals surface area (Å²) in [6, 6.07) is 5.07. The molecule has 1 atom stereocenters. The Bertz CT molecular complexity index is 502. The van der Waals surface area contributed by atoms with Crippen LogP contribution in [0.3, 0.4) is 0 Å². The summed E-state index contributed by atoms with van der Waals surface area (Å²) in [5.41, 5.74) is 0.893. The van der Waals surface area contributed by atoms with Gasteiger partial charge in [-0.3, -0.25) is 0 Å². The zero-order chi connectivity index (χ0) is 13.0. The Morgan fingerprint density at radius 2 is 2.33 bits per heavy atom. The molecular formula is C13H15FN2OS. The summed E-state index contributed by atoms with van der Waals surface area (Å²) in [6.07, 6.45) is 1.78. The number of rotatable bonds is 5. The maximum atomic E-state index is 13.6. The second-order valence-electron chi connectivity index (χ2n) is 3.92. The molecule has 1 aromatic carbocycles. The smallest absolute Gasteiger partial charge is 0.165 e. The second-order valence-corrected chi connectivity index (χ2v) is 4.90. The summed E-state index contributed by atoms with van der Waals surface area (Å²) in [5, 5.41) is 6.27. The average molecular weight is 266 g/mol. The van der Waals surface area contributed by atoms with Crippen molar-refractivity contribution in [2.24, 2.45) is 0 Å². The molecule has 1 heterocycles. The van der Waals surface area contributed by atoms with Gasteiger partial charge >= 0.3 is 0 Å². The molecule has 0 fully saturated rings. The lowest BCUT2D eigenvalue weighted by atomic mass is 10.1. The van der Waals surface area contributed by atoms with E-state index in [1.165, 1.54) is 13.2 Å². The molecule has 0 saturated heterocycles. The van der Waals surface area contributed by atoms with E-state index in [4.69, 9.17) is 4.74 Å². The predicted octanol–water partition coefficient (Wildman–Crippen LogP) is 3.14. The molecule has 0 aliphatic heterocycles. The van der Waals surface area contributed by atoms with Crippen LogP contribution in [0.15, 0.2) is 29.8 Å². The Hall–Kier alpha value is -1.46. The first kappa shape index (κ1) is 13.0. The van der Waals surface area contributed by atoms with Crippen molar-refractivity contribution in [3.8, 4) is 5.75 Å². The summed E-state index contributed by atoms with van der Waals surface area (Å²) in [7, 11) is 1.46. The monoisotopic (exact) mass is 266 g/mol. The van der Waals surface area contributed by atoms with Gasteiger partial charge in [0.15, 0.2) is 11.6 Å². The molecule has 0 saturated carbocycles. The van der Waals surface area contributed by atoms with E-state index in [1.54, 1.807) is 23.6 Å². The van der Waals surface area contributed by atoms with Gasteiger partial charge in [0.2, 0.25) is 0 Å². The van der Waals surface area contributed by atoms with E-state index in [0.29, 0.717) is 6.54 Å². The molecule has 0 aliphatic carbocycles. The number of thiazole rings is 1. The fourth-order valence-electron chi connectivity index (χ4n) is 1.65. The van der Waals surface area contributed by atoms with Gasteiger partial charge in [-0.2, -0.15) is 0 Å². The molecule has 1 N–H and O–H groups in total. The van der Waals surface area contributed by atoms with Crippen molar-refractivity contribution in [3.05, 3.63) is 46.2 Å². The fraction of sp³-hybridized carbons (Fsp3) is 0.308. The van der Waals surface area contributed by atoms with Crippen molar-refractivity contribution >= 4 is 11.3 Å². The Morgan fingerprint density at radius 3 is 2.94 bits per heavy atom. The van der Waals surface area contributed by atoms with E-state index >= 15 is 0 Å². The van der Waals surface area contributed by atoms with Crippen LogP contribution in [-0.4, -0.2) is 12.1 Å². The lowest BCUT2D eigenvalue weighted by molar-refractivity contribution is 0.385. The minimum atomic E-state index is -0.335. The molecule has 0 bridgehead atoms. The van der Waals surface area contributed by atoms with Gasteiger partial charge in [0.05, 0.1) is 7.11 Å². The number of halogens is 1. The van der Waals surface area contributed by atoms with Crippen molar-refractivity contribution in [2.75, 3.05) is 7.11 Å². The third kappa shape index (κ3) is 3.05. The SMILES string of the molecule is COc1ccc(C(C)NCc2nccs2)cc1F. The van der Waals surface area contributed by atoms with E-state index < -0.39 is 0 Å². The van der Waals surface area contributed by atoms with Crippen LogP contribution in [0.25, 0.3) is 0 Å². The minimum Gasteiger partial charge on any atom is -0.494 e. The predicted molar refractivity (Wildman–Crippen MR) is 70.3 cm³/mol. The summed E-state index contributed by atoms with van der Waals surface area (Å²) in [4.78, 5) is 4.19. The molecule has 0 aliphatic rings. The number of nitrogens with one attached hydrogen (secondary N) is 1. The highest BCUT2D eigenvalue weighted by molar-refractivity contribution is 7.09. The molecule has 5 heteroatoms. The number of aromatic nitrogens is 1. The number of benzene rings is 1. The van der Waals surface area contributed by atoms with E-state index in [1.807, 2.05) is 18.4 Å². The first-order valence-corrected chi connectivity index (χ1v) is 6.54. The molecule has 1 unspecified atom stereocenters. The molecule has 18 heavy (non-hydrogen) atoms. The lowest BCUT2D eigenvalue weighted by Crippen LogP contribution is -2.18. The number of hydrogen-bond acceptors (Lipinski definition) is 4. The highest BCUT2D eigenvalue weighted by atomic mass is 32.1. The van der Waals surface area contributed by atoms with Crippen LogP contribution in [0.1, 0.15) is 23.5 Å². The molecular weight excluding hydrogens is 251 g/mol. The Kier molecular flexibility index (Phi) is 4.28. The zero-order valence-corrected chi connectivity index (χ0v) is 11.1. The Balaban J connectivity index is 2.00. The average Bonchev–Trinajstić information content (AvgIpc) is 2.89. The molecule has 3 nitrogen and oxygen atoms in total. The maximum Gasteiger partial charge on any atom is 0.165 e. The molecule has 0 radical (unpaired) electrons. The van der Waals surface area contributed by atoms with E-state index in [2.05, 4.69) is 10.3 Å². The largest absolute Gasteiger partial charge is 0.494 e. The molecule has 2 aromatic rings. The highest BCUT2D eigenvalue weighted by Crippen LogP contribution is 2.22. The van der Waals surface area contributed by atoms with Crippen LogP contribution in [0.2, 0.25) is 0 Å².